The van der Waals surface area contributed by atoms with Crippen LogP contribution in [0.15, 0.2) is 46.0 Å². The van der Waals surface area contributed by atoms with Gasteiger partial charge in [0.1, 0.15) is 17.8 Å². The van der Waals surface area contributed by atoms with Gasteiger partial charge in [0.05, 0.1) is 13.1 Å². The highest BCUT2D eigenvalue weighted by molar-refractivity contribution is 14.0. The molecule has 0 saturated heterocycles. The van der Waals surface area contributed by atoms with Crippen molar-refractivity contribution in [1.82, 2.24) is 30.4 Å². The summed E-state index contributed by atoms with van der Waals surface area (Å²) in [6.45, 7) is 2.95. The number of halogens is 1. The Morgan fingerprint density at radius 2 is 1.94 bits per heavy atom. The van der Waals surface area contributed by atoms with Crippen LogP contribution in [0.4, 0.5) is 0 Å². The van der Waals surface area contributed by atoms with Crippen molar-refractivity contribution >= 4 is 29.9 Å². The van der Waals surface area contributed by atoms with E-state index in [2.05, 4.69) is 25.8 Å². The SMILES string of the molecule is Cc1nnc(CNC(=NCc2coc(-c3ccccc3)n2)NC2CCCCC2)n1C.I. The summed E-state index contributed by atoms with van der Waals surface area (Å²) in [6.07, 6.45) is 7.86. The summed E-state index contributed by atoms with van der Waals surface area (Å²) < 4.78 is 7.62. The molecule has 0 amide bonds. The molecule has 166 valence electrons. The lowest BCUT2D eigenvalue weighted by Crippen LogP contribution is -2.44. The Bertz CT molecular complexity index is 977. The Hall–Kier alpha value is -2.43. The van der Waals surface area contributed by atoms with E-state index < -0.39 is 0 Å². The third-order valence-corrected chi connectivity index (χ3v) is 5.51. The average molecular weight is 535 g/mol. The summed E-state index contributed by atoms with van der Waals surface area (Å²) in [4.78, 5) is 9.34. The van der Waals surface area contributed by atoms with Gasteiger partial charge in [0, 0.05) is 18.7 Å². The molecule has 1 aromatic carbocycles. The zero-order valence-electron chi connectivity index (χ0n) is 18.0. The molecule has 1 aliphatic carbocycles. The Balaban J connectivity index is 0.00000272. The number of rotatable bonds is 6. The van der Waals surface area contributed by atoms with Gasteiger partial charge >= 0.3 is 0 Å². The fraction of sp³-hybridized carbons (Fsp3) is 0.455. The quantitative estimate of drug-likeness (QED) is 0.282. The van der Waals surface area contributed by atoms with E-state index in [1.54, 1.807) is 6.26 Å². The Kier molecular flexibility index (Phi) is 8.44. The van der Waals surface area contributed by atoms with Crippen LogP contribution in [0.25, 0.3) is 11.5 Å². The van der Waals surface area contributed by atoms with E-state index in [1.807, 2.05) is 48.9 Å². The van der Waals surface area contributed by atoms with Crippen molar-refractivity contribution in [1.29, 1.82) is 0 Å². The van der Waals surface area contributed by atoms with Crippen LogP contribution < -0.4 is 10.6 Å². The van der Waals surface area contributed by atoms with Crippen molar-refractivity contribution in [2.45, 2.75) is 58.2 Å². The maximum Gasteiger partial charge on any atom is 0.226 e. The highest BCUT2D eigenvalue weighted by atomic mass is 127. The van der Waals surface area contributed by atoms with Crippen LogP contribution in [0.3, 0.4) is 0 Å². The lowest BCUT2D eigenvalue weighted by molar-refractivity contribution is 0.409. The summed E-state index contributed by atoms with van der Waals surface area (Å²) in [7, 11) is 1.97. The molecule has 0 bridgehead atoms. The zero-order chi connectivity index (χ0) is 20.8. The van der Waals surface area contributed by atoms with Crippen molar-refractivity contribution in [2.24, 2.45) is 12.0 Å². The van der Waals surface area contributed by atoms with E-state index in [0.29, 0.717) is 25.0 Å². The average Bonchev–Trinajstić information content (AvgIpc) is 3.39. The lowest BCUT2D eigenvalue weighted by Gasteiger charge is -2.25. The van der Waals surface area contributed by atoms with Gasteiger partial charge in [0.2, 0.25) is 5.89 Å². The van der Waals surface area contributed by atoms with Crippen LogP contribution in [0.5, 0.6) is 0 Å². The van der Waals surface area contributed by atoms with Crippen molar-refractivity contribution in [2.75, 3.05) is 0 Å². The first kappa shape index (κ1) is 23.2. The highest BCUT2D eigenvalue weighted by Gasteiger charge is 2.16. The minimum Gasteiger partial charge on any atom is -0.444 e. The van der Waals surface area contributed by atoms with Gasteiger partial charge in [-0.15, -0.1) is 34.2 Å². The maximum atomic E-state index is 5.64. The van der Waals surface area contributed by atoms with Gasteiger partial charge in [-0.3, -0.25) is 0 Å². The topological polar surface area (TPSA) is 93.2 Å². The molecule has 0 unspecified atom stereocenters. The molecular weight excluding hydrogens is 505 g/mol. The second kappa shape index (κ2) is 11.3. The third kappa shape index (κ3) is 6.28. The summed E-state index contributed by atoms with van der Waals surface area (Å²) in [5, 5.41) is 15.3. The Morgan fingerprint density at radius 3 is 2.65 bits per heavy atom. The van der Waals surface area contributed by atoms with Crippen LogP contribution >= 0.6 is 24.0 Å². The molecular formula is C22H30IN7O. The molecule has 0 spiro atoms. The van der Waals surface area contributed by atoms with Crippen molar-refractivity contribution in [3.05, 3.63) is 53.9 Å². The van der Waals surface area contributed by atoms with E-state index in [9.17, 15) is 0 Å². The molecule has 8 nitrogen and oxygen atoms in total. The lowest BCUT2D eigenvalue weighted by atomic mass is 9.96. The number of oxazole rings is 1. The number of nitrogens with one attached hydrogen (secondary N) is 2. The summed E-state index contributed by atoms with van der Waals surface area (Å²) in [5.74, 6) is 3.15. The van der Waals surface area contributed by atoms with Crippen molar-refractivity contribution < 1.29 is 4.42 Å². The number of guanidine groups is 1. The number of hydrogen-bond acceptors (Lipinski definition) is 5. The predicted molar refractivity (Wildman–Crippen MR) is 131 cm³/mol. The van der Waals surface area contributed by atoms with E-state index in [0.717, 1.165) is 28.9 Å². The van der Waals surface area contributed by atoms with Gasteiger partial charge in [-0.25, -0.2) is 9.98 Å². The molecule has 0 atom stereocenters. The van der Waals surface area contributed by atoms with Gasteiger partial charge in [0.25, 0.3) is 0 Å². The highest BCUT2D eigenvalue weighted by Crippen LogP contribution is 2.19. The van der Waals surface area contributed by atoms with Gasteiger partial charge in [-0.1, -0.05) is 37.5 Å². The smallest absolute Gasteiger partial charge is 0.226 e. The molecule has 2 aromatic heterocycles. The first-order valence-corrected chi connectivity index (χ1v) is 10.6. The summed E-state index contributed by atoms with van der Waals surface area (Å²) >= 11 is 0. The van der Waals surface area contributed by atoms with E-state index in [4.69, 9.17) is 9.41 Å². The van der Waals surface area contributed by atoms with E-state index in [-0.39, 0.29) is 24.0 Å². The third-order valence-electron chi connectivity index (χ3n) is 5.51. The standard InChI is InChI=1S/C22H29N7O.HI/c1-16-27-28-20(29(16)2)14-24-22(26-18-11-7-4-8-12-18)23-13-19-15-30-21(25-19)17-9-5-3-6-10-17;/h3,5-6,9-10,15,18H,4,7-8,11-14H2,1-2H3,(H2,23,24,26);1H. The van der Waals surface area contributed by atoms with Crippen molar-refractivity contribution in [3.63, 3.8) is 0 Å². The first-order valence-electron chi connectivity index (χ1n) is 10.6. The Labute approximate surface area is 200 Å². The van der Waals surface area contributed by atoms with Gasteiger partial charge in [-0.2, -0.15) is 0 Å². The minimum absolute atomic E-state index is 0. The maximum absolute atomic E-state index is 5.64. The summed E-state index contributed by atoms with van der Waals surface area (Å²) in [5.41, 5.74) is 1.76. The second-order valence-electron chi connectivity index (χ2n) is 7.73. The van der Waals surface area contributed by atoms with Gasteiger partial charge in [-0.05, 0) is 31.9 Å². The van der Waals surface area contributed by atoms with Crippen LogP contribution in [0.2, 0.25) is 0 Å². The molecule has 0 radical (unpaired) electrons. The number of nitrogens with zero attached hydrogens (tertiary/aromatic N) is 5. The van der Waals surface area contributed by atoms with E-state index in [1.165, 1.54) is 32.1 Å². The van der Waals surface area contributed by atoms with Crippen LogP contribution in [-0.2, 0) is 20.1 Å². The summed E-state index contributed by atoms with van der Waals surface area (Å²) in [6, 6.07) is 10.3. The number of aromatic nitrogens is 4. The monoisotopic (exact) mass is 535 g/mol. The zero-order valence-corrected chi connectivity index (χ0v) is 20.4. The molecule has 3 aromatic rings. The molecule has 2 N–H and O–H groups in total. The fourth-order valence-electron chi connectivity index (χ4n) is 3.61. The van der Waals surface area contributed by atoms with Crippen molar-refractivity contribution in [3.8, 4) is 11.5 Å². The molecule has 9 heteroatoms. The van der Waals surface area contributed by atoms with E-state index >= 15 is 0 Å². The molecule has 31 heavy (non-hydrogen) atoms. The molecule has 4 rings (SSSR count). The van der Waals surface area contributed by atoms with Gasteiger partial charge < -0.3 is 19.6 Å². The molecule has 1 fully saturated rings. The second-order valence-corrected chi connectivity index (χ2v) is 7.73. The minimum atomic E-state index is 0. The predicted octanol–water partition coefficient (Wildman–Crippen LogP) is 3.96. The molecule has 1 saturated carbocycles. The number of aliphatic imine (C=N–C) groups is 1. The fourth-order valence-corrected chi connectivity index (χ4v) is 3.61. The number of hydrogen-bond donors (Lipinski definition) is 2. The van der Waals surface area contributed by atoms with Crippen LogP contribution in [0, 0.1) is 6.92 Å². The van der Waals surface area contributed by atoms with Crippen LogP contribution in [0.1, 0.15) is 49.4 Å². The molecule has 2 heterocycles. The Morgan fingerprint density at radius 1 is 1.16 bits per heavy atom. The number of aryl methyl sites for hydroxylation is 1. The van der Waals surface area contributed by atoms with Gasteiger partial charge in [0.15, 0.2) is 11.8 Å². The molecule has 0 aliphatic heterocycles. The largest absolute Gasteiger partial charge is 0.444 e. The molecule has 1 aliphatic rings. The normalized spacial score (nSPS) is 14.8. The number of benzene rings is 1. The van der Waals surface area contributed by atoms with Crippen LogP contribution in [-0.4, -0.2) is 31.7 Å². The first-order chi connectivity index (χ1) is 14.7.